The van der Waals surface area contributed by atoms with Crippen molar-refractivity contribution in [2.45, 2.75) is 58.3 Å². The minimum Gasteiger partial charge on any atom is -0.466 e. The minimum atomic E-state index is -1.39. The van der Waals surface area contributed by atoms with Crippen LogP contribution >= 0.6 is 0 Å². The second-order valence-electron chi connectivity index (χ2n) is 8.38. The molecule has 31 heavy (non-hydrogen) atoms. The van der Waals surface area contributed by atoms with Gasteiger partial charge in [0, 0.05) is 29.9 Å². The third-order valence-electron chi connectivity index (χ3n) is 6.34. The molecule has 0 bridgehead atoms. The third-order valence-corrected chi connectivity index (χ3v) is 6.34. The van der Waals surface area contributed by atoms with Crippen LogP contribution in [-0.2, 0) is 33.4 Å². The second kappa shape index (κ2) is 9.74. The van der Waals surface area contributed by atoms with Gasteiger partial charge in [0.2, 0.25) is 0 Å². The normalized spacial score (nSPS) is 33.2. The van der Waals surface area contributed by atoms with Crippen molar-refractivity contribution in [2.24, 2.45) is 17.3 Å². The maximum Gasteiger partial charge on any atom is 0.333 e. The third kappa shape index (κ3) is 5.04. The predicted molar refractivity (Wildman–Crippen MR) is 107 cm³/mol. The quantitative estimate of drug-likeness (QED) is 0.351. The van der Waals surface area contributed by atoms with Crippen molar-refractivity contribution in [1.29, 1.82) is 0 Å². The Hall–Kier alpha value is -2.52. The van der Waals surface area contributed by atoms with E-state index in [1.165, 1.54) is 19.9 Å². The number of hydrogen-bond donors (Lipinski definition) is 2. The van der Waals surface area contributed by atoms with Crippen LogP contribution in [0.2, 0.25) is 0 Å². The molecule has 0 radical (unpaired) electrons. The molecule has 6 atom stereocenters. The Morgan fingerprint density at radius 2 is 1.87 bits per heavy atom. The Morgan fingerprint density at radius 1 is 1.23 bits per heavy atom. The molecule has 0 aliphatic heterocycles. The highest BCUT2D eigenvalue weighted by molar-refractivity contribution is 5.90. The number of aliphatic hydroxyl groups excluding tert-OH is 2. The van der Waals surface area contributed by atoms with Gasteiger partial charge in [-0.05, 0) is 25.8 Å². The molecule has 2 fully saturated rings. The summed E-state index contributed by atoms with van der Waals surface area (Å²) in [6, 6.07) is 0. The first kappa shape index (κ1) is 24.7. The number of aliphatic hydroxyl groups is 2. The molecule has 0 spiro atoms. The van der Waals surface area contributed by atoms with E-state index in [0.29, 0.717) is 0 Å². The highest BCUT2D eigenvalue weighted by Crippen LogP contribution is 2.52. The molecule has 2 aliphatic carbocycles. The van der Waals surface area contributed by atoms with Crippen LogP contribution in [0.4, 0.5) is 0 Å². The zero-order valence-electron chi connectivity index (χ0n) is 18.3. The standard InChI is InChI=1S/C22H30O9/c1-11(8-9-30-13(3)23)20(27)31-15-10-22(4)16(25)7-6-14(24)18(22)19(26)17(15)12(2)21(28)29-5/h8,15-19,25-26H,2,6-7,9-10H2,1,3-5H3/b11-8-/t15-,16+,17+,18+,19+,22-/m0/s1. The summed E-state index contributed by atoms with van der Waals surface area (Å²) < 4.78 is 15.1. The number of hydrogen-bond acceptors (Lipinski definition) is 9. The zero-order chi connectivity index (χ0) is 23.5. The van der Waals surface area contributed by atoms with Gasteiger partial charge in [-0.2, -0.15) is 0 Å². The topological polar surface area (TPSA) is 136 Å². The molecule has 0 aromatic rings. The Morgan fingerprint density at radius 3 is 2.45 bits per heavy atom. The van der Waals surface area contributed by atoms with E-state index < -0.39 is 53.5 Å². The highest BCUT2D eigenvalue weighted by atomic mass is 16.5. The molecular weight excluding hydrogens is 408 g/mol. The lowest BCUT2D eigenvalue weighted by Crippen LogP contribution is -2.62. The van der Waals surface area contributed by atoms with E-state index in [4.69, 9.17) is 14.2 Å². The van der Waals surface area contributed by atoms with E-state index in [0.717, 1.165) is 7.11 Å². The van der Waals surface area contributed by atoms with Gasteiger partial charge in [0.05, 0.1) is 31.2 Å². The van der Waals surface area contributed by atoms with Gasteiger partial charge in [-0.3, -0.25) is 9.59 Å². The summed E-state index contributed by atoms with van der Waals surface area (Å²) in [4.78, 5) is 48.3. The van der Waals surface area contributed by atoms with E-state index in [9.17, 15) is 29.4 Å². The first-order chi connectivity index (χ1) is 14.4. The summed E-state index contributed by atoms with van der Waals surface area (Å²) in [5.74, 6) is -4.27. The van der Waals surface area contributed by atoms with Gasteiger partial charge in [0.25, 0.3) is 0 Å². The van der Waals surface area contributed by atoms with Crippen LogP contribution in [0.25, 0.3) is 0 Å². The van der Waals surface area contributed by atoms with Crippen LogP contribution in [0.15, 0.2) is 23.8 Å². The summed E-state index contributed by atoms with van der Waals surface area (Å²) in [5, 5.41) is 21.7. The summed E-state index contributed by atoms with van der Waals surface area (Å²) in [5.41, 5.74) is -1.00. The molecule has 0 heterocycles. The molecule has 2 aliphatic rings. The Kier molecular flexibility index (Phi) is 7.77. The van der Waals surface area contributed by atoms with Crippen molar-refractivity contribution in [3.05, 3.63) is 23.8 Å². The van der Waals surface area contributed by atoms with E-state index in [1.54, 1.807) is 6.92 Å². The van der Waals surface area contributed by atoms with Crippen molar-refractivity contribution >= 4 is 23.7 Å². The monoisotopic (exact) mass is 438 g/mol. The molecule has 0 amide bonds. The molecular formula is C22H30O9. The molecule has 9 nitrogen and oxygen atoms in total. The number of ether oxygens (including phenoxy) is 3. The van der Waals surface area contributed by atoms with Crippen LogP contribution in [-0.4, -0.2) is 65.9 Å². The second-order valence-corrected chi connectivity index (χ2v) is 8.38. The van der Waals surface area contributed by atoms with Crippen LogP contribution in [0.5, 0.6) is 0 Å². The fourth-order valence-corrected chi connectivity index (χ4v) is 4.58. The van der Waals surface area contributed by atoms with Gasteiger partial charge in [0.15, 0.2) is 0 Å². The Bertz CT molecular complexity index is 799. The average molecular weight is 438 g/mol. The van der Waals surface area contributed by atoms with E-state index in [2.05, 4.69) is 6.58 Å². The average Bonchev–Trinajstić information content (AvgIpc) is 2.69. The number of rotatable bonds is 6. The lowest BCUT2D eigenvalue weighted by atomic mass is 9.53. The first-order valence-electron chi connectivity index (χ1n) is 10.1. The lowest BCUT2D eigenvalue weighted by molar-refractivity contribution is -0.189. The largest absolute Gasteiger partial charge is 0.466 e. The number of fused-ring (bicyclic) bond motifs is 1. The lowest BCUT2D eigenvalue weighted by Gasteiger charge is -2.54. The number of methoxy groups -OCH3 is 1. The maximum absolute atomic E-state index is 12.6. The molecule has 2 rings (SSSR count). The van der Waals surface area contributed by atoms with E-state index in [-0.39, 0.29) is 42.8 Å². The van der Waals surface area contributed by atoms with Crippen LogP contribution in [0.3, 0.4) is 0 Å². The predicted octanol–water partition coefficient (Wildman–Crippen LogP) is 0.864. The molecule has 2 N–H and O–H groups in total. The summed E-state index contributed by atoms with van der Waals surface area (Å²) in [7, 11) is 1.16. The van der Waals surface area contributed by atoms with Crippen molar-refractivity contribution in [3.8, 4) is 0 Å². The highest BCUT2D eigenvalue weighted by Gasteiger charge is 2.60. The summed E-state index contributed by atoms with van der Waals surface area (Å²) in [6.45, 7) is 7.97. The van der Waals surface area contributed by atoms with Crippen molar-refractivity contribution in [3.63, 3.8) is 0 Å². The Labute approximate surface area is 181 Å². The first-order valence-corrected chi connectivity index (χ1v) is 10.1. The van der Waals surface area contributed by atoms with Crippen LogP contribution in [0.1, 0.15) is 40.0 Å². The van der Waals surface area contributed by atoms with Crippen molar-refractivity contribution in [2.75, 3.05) is 13.7 Å². The fourth-order valence-electron chi connectivity index (χ4n) is 4.58. The van der Waals surface area contributed by atoms with Crippen LogP contribution in [0, 0.1) is 17.3 Å². The van der Waals surface area contributed by atoms with Crippen molar-refractivity contribution < 1.29 is 43.6 Å². The number of Topliss-reactive ketones (excluding diaryl/α,β-unsaturated/α-hetero) is 1. The van der Waals surface area contributed by atoms with Gasteiger partial charge >= 0.3 is 17.9 Å². The van der Waals surface area contributed by atoms with Gasteiger partial charge in [-0.25, -0.2) is 9.59 Å². The number of ketones is 1. The maximum atomic E-state index is 12.6. The van der Waals surface area contributed by atoms with Crippen LogP contribution < -0.4 is 0 Å². The molecule has 9 heteroatoms. The van der Waals surface area contributed by atoms with Gasteiger partial charge in [-0.1, -0.05) is 13.5 Å². The van der Waals surface area contributed by atoms with Gasteiger partial charge in [0.1, 0.15) is 18.5 Å². The SMILES string of the molecule is C=C(C(=O)OC)[C@H]1[C@@H](O)[C@H]2C(=O)CC[C@@H](O)[C@]2(C)C[C@@H]1OC(=O)/C(C)=C\COC(C)=O. The molecule has 0 aromatic heterocycles. The zero-order valence-corrected chi connectivity index (χ0v) is 18.3. The molecule has 0 aromatic carbocycles. The van der Waals surface area contributed by atoms with E-state index in [1.807, 2.05) is 0 Å². The number of esters is 3. The minimum absolute atomic E-state index is 0.0469. The smallest absolute Gasteiger partial charge is 0.333 e. The molecule has 0 unspecified atom stereocenters. The van der Waals surface area contributed by atoms with Gasteiger partial charge in [-0.15, -0.1) is 0 Å². The van der Waals surface area contributed by atoms with E-state index >= 15 is 0 Å². The Balaban J connectivity index is 2.35. The fraction of sp³-hybridized carbons (Fsp3) is 0.636. The number of carbonyl (C=O) groups excluding carboxylic acids is 4. The van der Waals surface area contributed by atoms with Gasteiger partial charge < -0.3 is 24.4 Å². The molecule has 172 valence electrons. The molecule has 2 saturated carbocycles. The summed E-state index contributed by atoms with van der Waals surface area (Å²) in [6.07, 6.45) is -1.55. The summed E-state index contributed by atoms with van der Waals surface area (Å²) >= 11 is 0. The van der Waals surface area contributed by atoms with Crippen molar-refractivity contribution in [1.82, 2.24) is 0 Å². The number of carbonyl (C=O) groups is 4. The molecule has 0 saturated heterocycles.